The molecule has 12 aromatic rings. The minimum Gasteiger partial charge on any atom is -0.494 e. The molecule has 0 spiro atoms. The predicted octanol–water partition coefficient (Wildman–Crippen LogP) is 16.6. The van der Waals surface area contributed by atoms with Crippen LogP contribution in [0.4, 0.5) is 0 Å². The van der Waals surface area contributed by atoms with Crippen molar-refractivity contribution in [1.82, 2.24) is 29.4 Å². The molecule has 28 heteroatoms. The number of nitrogens with zero attached hydrogens (tertiary/aromatic N) is 6. The molecular weight excluding hydrogens is 1880 g/mol. The summed E-state index contributed by atoms with van der Waals surface area (Å²) in [4.78, 5) is 152. The molecule has 0 aliphatic rings. The van der Waals surface area contributed by atoms with E-state index in [1.165, 1.54) is 0 Å². The summed E-state index contributed by atoms with van der Waals surface area (Å²) in [7, 11) is 0. The van der Waals surface area contributed by atoms with Gasteiger partial charge in [-0.3, -0.25) is 77.3 Å². The first kappa shape index (κ1) is 111. The second kappa shape index (κ2) is 64.5. The van der Waals surface area contributed by atoms with Gasteiger partial charge in [0.25, 0.3) is 0 Å². The molecule has 0 saturated carbocycles. The minimum atomic E-state index is -1.03. The largest absolute Gasteiger partial charge is 0.494 e. The van der Waals surface area contributed by atoms with E-state index >= 15 is 9.59 Å². The molecule has 0 heterocycles. The van der Waals surface area contributed by atoms with Crippen LogP contribution in [0, 0.1) is 0 Å². The SMILES string of the molecule is O=C(CN(CCN(CCN(CC(=O)OCc1ccccc1)CC(=O)OCc1ccccc1)C(Cc1ccc(OCCCCCCCCOc2ccc(CC(C(=O)OCc3ccccc3)N(CCN(CC(=O)OCc3ccccc3)CC(=O)OCc3ccccc3)CCN(CC(=O)OCc3ccccc3)CC(=O)OCc3ccccc3)cc2)cc1)C(=O)OCc1ccccc1)CC(=O)OCc1ccccc1)OCc1ccccc1. The van der Waals surface area contributed by atoms with Crippen LogP contribution in [0.5, 0.6) is 11.5 Å². The third-order valence-corrected chi connectivity index (χ3v) is 24.2. The van der Waals surface area contributed by atoms with E-state index in [9.17, 15) is 38.4 Å². The first-order valence-corrected chi connectivity index (χ1v) is 50.2. The lowest BCUT2D eigenvalue weighted by Crippen LogP contribution is -2.51. The van der Waals surface area contributed by atoms with Gasteiger partial charge >= 0.3 is 59.7 Å². The van der Waals surface area contributed by atoms with Crippen LogP contribution in [-0.2, 0) is 174 Å². The quantitative estimate of drug-likeness (QED) is 0.0194. The third kappa shape index (κ3) is 43.9. The van der Waals surface area contributed by atoms with E-state index in [4.69, 9.17) is 56.8 Å². The standard InChI is InChI=1S/C120H132N6O22/c127-111(139-85-97-37-15-5-16-38-97)77-121(78-112(128)140-86-98-39-17-6-18-40-98)65-69-125(70-66-122(79-113(129)141-87-99-41-19-7-20-42-99)80-114(130)142-88-100-43-21-8-22-44-100)109(119(135)147-93-105-53-31-13-32-54-105)75-95-57-61-107(62-58-95)137-73-35-3-1-2-4-36-74-138-108-63-59-96(60-64-108)76-110(120(136)148-94-106-55-33-14-34-56-106)126(71-67-123(81-115(131)143-89-101-45-23-9-24-46-101)82-116(132)144-90-102-47-25-10-26-48-102)72-68-124(83-117(133)145-91-103-49-27-11-28-50-103)84-118(134)146-92-104-51-29-12-30-52-104/h5-34,37-64,109-110H,1-4,35-36,65-94H2. The van der Waals surface area contributed by atoms with Crippen LogP contribution in [0.25, 0.3) is 0 Å². The van der Waals surface area contributed by atoms with Crippen LogP contribution in [0.1, 0.15) is 105 Å². The molecule has 2 unspecified atom stereocenters. The summed E-state index contributed by atoms with van der Waals surface area (Å²) in [5.41, 5.74) is 9.16. The molecule has 0 fully saturated rings. The Labute approximate surface area is 866 Å². The summed E-state index contributed by atoms with van der Waals surface area (Å²) in [6.45, 7) is -1.55. The first-order valence-electron chi connectivity index (χ1n) is 50.2. The Bertz CT molecular complexity index is 5070. The summed E-state index contributed by atoms with van der Waals surface area (Å²) in [5, 5.41) is 0. The summed E-state index contributed by atoms with van der Waals surface area (Å²) >= 11 is 0. The normalized spacial score (nSPS) is 11.6. The maximum atomic E-state index is 15.2. The maximum Gasteiger partial charge on any atom is 0.324 e. The fourth-order valence-electron chi connectivity index (χ4n) is 16.1. The summed E-state index contributed by atoms with van der Waals surface area (Å²) < 4.78 is 71.3. The molecule has 0 bridgehead atoms. The van der Waals surface area contributed by atoms with Gasteiger partial charge in [0.15, 0.2) is 0 Å². The summed E-state index contributed by atoms with van der Waals surface area (Å²) in [6, 6.07) is 105. The molecule has 12 rings (SSSR count). The van der Waals surface area contributed by atoms with E-state index in [1.54, 1.807) is 19.6 Å². The van der Waals surface area contributed by atoms with Gasteiger partial charge in [0, 0.05) is 52.4 Å². The van der Waals surface area contributed by atoms with E-state index in [2.05, 4.69) is 0 Å². The zero-order valence-corrected chi connectivity index (χ0v) is 83.8. The van der Waals surface area contributed by atoms with Gasteiger partial charge in [-0.2, -0.15) is 0 Å². The van der Waals surface area contributed by atoms with E-state index in [1.807, 2.05) is 362 Å². The average molecular weight is 2010 g/mol. The molecule has 28 nitrogen and oxygen atoms in total. The molecule has 0 radical (unpaired) electrons. The number of carbonyl (C=O) groups is 10. The summed E-state index contributed by atoms with van der Waals surface area (Å²) in [5.74, 6) is -4.73. The van der Waals surface area contributed by atoms with Crippen LogP contribution in [0.15, 0.2) is 352 Å². The highest BCUT2D eigenvalue weighted by molar-refractivity contribution is 5.79. The monoisotopic (exact) mass is 2010 g/mol. The van der Waals surface area contributed by atoms with Crippen molar-refractivity contribution in [2.75, 3.05) is 118 Å². The molecule has 0 aliphatic heterocycles. The van der Waals surface area contributed by atoms with Gasteiger partial charge in [0.05, 0.1) is 65.6 Å². The highest BCUT2D eigenvalue weighted by Gasteiger charge is 2.34. The smallest absolute Gasteiger partial charge is 0.324 e. The van der Waals surface area contributed by atoms with E-state index in [-0.39, 0.29) is 184 Å². The number of benzene rings is 12. The van der Waals surface area contributed by atoms with Crippen LogP contribution in [0.3, 0.4) is 0 Å². The fraction of sp³-hybridized carbons (Fsp3) is 0.317. The fourth-order valence-corrected chi connectivity index (χ4v) is 16.1. The molecule has 774 valence electrons. The van der Waals surface area contributed by atoms with Crippen molar-refractivity contribution in [1.29, 1.82) is 0 Å². The maximum absolute atomic E-state index is 15.2. The Morgan fingerprint density at radius 1 is 0.176 bits per heavy atom. The Hall–Kier alpha value is -15.3. The van der Waals surface area contributed by atoms with Crippen LogP contribution >= 0.6 is 0 Å². The molecule has 0 aromatic heterocycles. The first-order chi connectivity index (χ1) is 72.5. The number of hydrogen-bond acceptors (Lipinski definition) is 28. The number of unbranched alkanes of at least 4 members (excludes halogenated alkanes) is 5. The Kier molecular flexibility index (Phi) is 48.6. The molecule has 0 amide bonds. The molecule has 0 N–H and O–H groups in total. The van der Waals surface area contributed by atoms with Gasteiger partial charge in [0.1, 0.15) is 89.7 Å². The van der Waals surface area contributed by atoms with Crippen LogP contribution < -0.4 is 9.47 Å². The van der Waals surface area contributed by atoms with Gasteiger partial charge in [-0.1, -0.05) is 353 Å². The lowest BCUT2D eigenvalue weighted by molar-refractivity contribution is -0.154. The number of ether oxygens (including phenoxy) is 12. The Balaban J connectivity index is 0.695. The zero-order chi connectivity index (χ0) is 103. The lowest BCUT2D eigenvalue weighted by Gasteiger charge is -2.34. The molecule has 0 aliphatic carbocycles. The van der Waals surface area contributed by atoms with Gasteiger partial charge < -0.3 is 56.8 Å². The van der Waals surface area contributed by atoms with Gasteiger partial charge in [-0.25, -0.2) is 0 Å². The van der Waals surface area contributed by atoms with Gasteiger partial charge in [-0.15, -0.1) is 0 Å². The highest BCUT2D eigenvalue weighted by atomic mass is 16.6. The lowest BCUT2D eigenvalue weighted by atomic mass is 10.0. The second-order valence-corrected chi connectivity index (χ2v) is 35.8. The molecule has 148 heavy (non-hydrogen) atoms. The zero-order valence-electron chi connectivity index (χ0n) is 83.8. The van der Waals surface area contributed by atoms with E-state index in [0.29, 0.717) is 24.7 Å². The van der Waals surface area contributed by atoms with Crippen molar-refractivity contribution >= 4 is 59.7 Å². The van der Waals surface area contributed by atoms with Crippen molar-refractivity contribution in [3.8, 4) is 11.5 Å². The van der Waals surface area contributed by atoms with Gasteiger partial charge in [0.2, 0.25) is 0 Å². The molecule has 2 atom stereocenters. The highest BCUT2D eigenvalue weighted by Crippen LogP contribution is 2.24. The number of esters is 10. The van der Waals surface area contributed by atoms with E-state index < -0.39 is 71.8 Å². The Morgan fingerprint density at radius 3 is 0.514 bits per heavy atom. The van der Waals surface area contributed by atoms with E-state index in [0.717, 1.165) is 105 Å². The number of carbonyl (C=O) groups excluding carboxylic acids is 10. The third-order valence-electron chi connectivity index (χ3n) is 24.2. The number of rotatable bonds is 67. The van der Waals surface area contributed by atoms with Crippen LogP contribution in [-0.4, -0.2) is 219 Å². The molecular formula is C120H132N6O22. The van der Waals surface area contributed by atoms with Crippen molar-refractivity contribution in [2.24, 2.45) is 0 Å². The summed E-state index contributed by atoms with van der Waals surface area (Å²) in [6.07, 6.45) is 5.50. The van der Waals surface area contributed by atoms with Crippen molar-refractivity contribution in [2.45, 2.75) is 130 Å². The van der Waals surface area contributed by atoms with Crippen molar-refractivity contribution in [3.63, 3.8) is 0 Å². The molecule has 12 aromatic carbocycles. The van der Waals surface area contributed by atoms with Crippen molar-refractivity contribution < 1.29 is 105 Å². The van der Waals surface area contributed by atoms with Crippen molar-refractivity contribution in [3.05, 3.63) is 419 Å². The topological polar surface area (TPSA) is 301 Å². The van der Waals surface area contributed by atoms with Crippen LogP contribution in [0.2, 0.25) is 0 Å². The molecule has 0 saturated heterocycles. The van der Waals surface area contributed by atoms with Gasteiger partial charge in [-0.05, 0) is 117 Å². The second-order valence-electron chi connectivity index (χ2n) is 35.8. The Morgan fingerprint density at radius 2 is 0.338 bits per heavy atom. The minimum absolute atomic E-state index is 0.0101. The average Bonchev–Trinajstić information content (AvgIpc) is 0.844. The number of hydrogen-bond donors (Lipinski definition) is 0. The predicted molar refractivity (Wildman–Crippen MR) is 558 cm³/mol.